The van der Waals surface area contributed by atoms with Crippen LogP contribution in [0, 0.1) is 0 Å². The van der Waals surface area contributed by atoms with E-state index in [1.165, 1.54) is 7.05 Å². The first-order valence-corrected chi connectivity index (χ1v) is 8.49. The van der Waals surface area contributed by atoms with Crippen LogP contribution in [-0.2, 0) is 19.1 Å². The van der Waals surface area contributed by atoms with Crippen molar-refractivity contribution in [3.05, 3.63) is 29.8 Å². The number of ether oxygens (including phenoxy) is 1. The fourth-order valence-electron chi connectivity index (χ4n) is 1.67. The minimum absolute atomic E-state index is 0.0112. The molecule has 8 heteroatoms. The van der Waals surface area contributed by atoms with Gasteiger partial charge in [0.05, 0.1) is 13.0 Å². The summed E-state index contributed by atoms with van der Waals surface area (Å²) in [6.07, 6.45) is 1.85. The molecule has 0 spiro atoms. The van der Waals surface area contributed by atoms with Gasteiger partial charge in [-0.2, -0.15) is 0 Å². The Labute approximate surface area is 144 Å². The molecule has 0 aromatic heterocycles. The third-order valence-corrected chi connectivity index (χ3v) is 3.80. The number of carbonyl (C=O) groups is 4. The molecule has 130 valence electrons. The van der Waals surface area contributed by atoms with Crippen molar-refractivity contribution in [2.45, 2.75) is 17.7 Å². The van der Waals surface area contributed by atoms with Crippen molar-refractivity contribution >= 4 is 35.3 Å². The number of nitrogens with one attached hydrogen (secondary N) is 2. The van der Waals surface area contributed by atoms with E-state index in [0.717, 1.165) is 4.90 Å². The van der Waals surface area contributed by atoms with Crippen LogP contribution in [0.4, 0.5) is 0 Å². The van der Waals surface area contributed by atoms with Crippen molar-refractivity contribution in [2.75, 3.05) is 26.5 Å². The van der Waals surface area contributed by atoms with Crippen molar-refractivity contribution < 1.29 is 23.9 Å². The third-order valence-electron chi connectivity index (χ3n) is 3.06. The zero-order chi connectivity index (χ0) is 17.9. The Morgan fingerprint density at radius 1 is 1.04 bits per heavy atom. The van der Waals surface area contributed by atoms with Crippen LogP contribution in [0.15, 0.2) is 29.2 Å². The van der Waals surface area contributed by atoms with Gasteiger partial charge in [0.25, 0.3) is 5.91 Å². The van der Waals surface area contributed by atoms with E-state index >= 15 is 0 Å². The molecule has 0 aliphatic carbocycles. The van der Waals surface area contributed by atoms with Gasteiger partial charge in [0.1, 0.15) is 0 Å². The molecule has 0 bridgehead atoms. The van der Waals surface area contributed by atoms with Crippen molar-refractivity contribution in [1.82, 2.24) is 10.6 Å². The maximum absolute atomic E-state index is 12.0. The SMILES string of the molecule is CNC(=O)CNC(=O)COC(=O)CCC(=O)c1ccc(SC)cc1. The van der Waals surface area contributed by atoms with Crippen molar-refractivity contribution in [3.63, 3.8) is 0 Å². The molecule has 1 aromatic rings. The van der Waals surface area contributed by atoms with Crippen LogP contribution in [0.5, 0.6) is 0 Å². The molecule has 0 fully saturated rings. The number of Topliss-reactive ketones (excluding diaryl/α,β-unsaturated/α-hetero) is 1. The Morgan fingerprint density at radius 3 is 2.29 bits per heavy atom. The molecule has 0 aliphatic heterocycles. The predicted molar refractivity (Wildman–Crippen MR) is 89.8 cm³/mol. The molecular formula is C16H20N2O5S. The van der Waals surface area contributed by atoms with E-state index in [4.69, 9.17) is 4.74 Å². The molecule has 7 nitrogen and oxygen atoms in total. The summed E-state index contributed by atoms with van der Waals surface area (Å²) in [5, 5.41) is 4.63. The Kier molecular flexibility index (Phi) is 8.56. The molecule has 0 saturated carbocycles. The number of hydrogen-bond acceptors (Lipinski definition) is 6. The number of thioether (sulfide) groups is 1. The maximum Gasteiger partial charge on any atom is 0.306 e. The number of carbonyl (C=O) groups excluding carboxylic acids is 4. The van der Waals surface area contributed by atoms with E-state index in [1.54, 1.807) is 23.9 Å². The highest BCUT2D eigenvalue weighted by atomic mass is 32.2. The summed E-state index contributed by atoms with van der Waals surface area (Å²) in [4.78, 5) is 46.8. The molecule has 0 aliphatic rings. The average Bonchev–Trinajstić information content (AvgIpc) is 2.62. The number of likely N-dealkylation sites (N-methyl/N-ethyl adjacent to an activating group) is 1. The first-order chi connectivity index (χ1) is 11.5. The zero-order valence-corrected chi connectivity index (χ0v) is 14.4. The minimum atomic E-state index is -0.640. The lowest BCUT2D eigenvalue weighted by Crippen LogP contribution is -2.37. The first-order valence-electron chi connectivity index (χ1n) is 7.26. The fourth-order valence-corrected chi connectivity index (χ4v) is 2.08. The number of esters is 1. The van der Waals surface area contributed by atoms with E-state index in [1.807, 2.05) is 18.4 Å². The van der Waals surface area contributed by atoms with E-state index in [0.29, 0.717) is 5.56 Å². The lowest BCUT2D eigenvalue weighted by Gasteiger charge is -2.06. The first kappa shape index (κ1) is 19.7. The van der Waals surface area contributed by atoms with Gasteiger partial charge in [-0.15, -0.1) is 11.8 Å². The molecular weight excluding hydrogens is 332 g/mol. The summed E-state index contributed by atoms with van der Waals surface area (Å²) in [5.74, 6) is -1.73. The number of amides is 2. The normalized spacial score (nSPS) is 9.92. The molecule has 0 heterocycles. The highest BCUT2D eigenvalue weighted by Crippen LogP contribution is 2.16. The molecule has 0 atom stereocenters. The number of hydrogen-bond donors (Lipinski definition) is 2. The summed E-state index contributed by atoms with van der Waals surface area (Å²) < 4.78 is 4.75. The summed E-state index contributed by atoms with van der Waals surface area (Å²) in [5.41, 5.74) is 0.531. The Bertz CT molecular complexity index is 601. The monoisotopic (exact) mass is 352 g/mol. The van der Waals surface area contributed by atoms with E-state index in [2.05, 4.69) is 10.6 Å². The second kappa shape index (κ2) is 10.4. The van der Waals surface area contributed by atoms with Crippen LogP contribution in [0.2, 0.25) is 0 Å². The van der Waals surface area contributed by atoms with Gasteiger partial charge in [-0.25, -0.2) is 0 Å². The Balaban J connectivity index is 2.28. The molecule has 2 N–H and O–H groups in total. The van der Waals surface area contributed by atoms with Crippen LogP contribution in [0.3, 0.4) is 0 Å². The number of benzene rings is 1. The quantitative estimate of drug-likeness (QED) is 0.387. The predicted octanol–water partition coefficient (Wildman–Crippen LogP) is 0.777. The fraction of sp³-hybridized carbons (Fsp3) is 0.375. The standard InChI is InChI=1S/C16H20N2O5S/c1-17-14(20)9-18-15(21)10-23-16(22)8-7-13(19)11-3-5-12(24-2)6-4-11/h3-6H,7-10H2,1-2H3,(H,17,20)(H,18,21). The van der Waals surface area contributed by atoms with Crippen LogP contribution >= 0.6 is 11.8 Å². The van der Waals surface area contributed by atoms with Gasteiger partial charge in [-0.1, -0.05) is 12.1 Å². The molecule has 1 rings (SSSR count). The second-order valence-electron chi connectivity index (χ2n) is 4.76. The van der Waals surface area contributed by atoms with Crippen LogP contribution in [0.25, 0.3) is 0 Å². The van der Waals surface area contributed by atoms with Gasteiger partial charge in [0, 0.05) is 23.9 Å². The highest BCUT2D eigenvalue weighted by molar-refractivity contribution is 7.98. The molecule has 1 aromatic carbocycles. The van der Waals surface area contributed by atoms with Gasteiger partial charge >= 0.3 is 5.97 Å². The highest BCUT2D eigenvalue weighted by Gasteiger charge is 2.12. The van der Waals surface area contributed by atoms with Gasteiger partial charge in [0.15, 0.2) is 12.4 Å². The zero-order valence-electron chi connectivity index (χ0n) is 13.6. The third kappa shape index (κ3) is 7.28. The summed E-state index contributed by atoms with van der Waals surface area (Å²) in [6.45, 7) is -0.663. The summed E-state index contributed by atoms with van der Waals surface area (Å²) in [6, 6.07) is 7.11. The second-order valence-corrected chi connectivity index (χ2v) is 5.64. The molecule has 24 heavy (non-hydrogen) atoms. The van der Waals surface area contributed by atoms with Crippen LogP contribution in [-0.4, -0.2) is 50.0 Å². The number of rotatable bonds is 9. The van der Waals surface area contributed by atoms with E-state index in [-0.39, 0.29) is 31.1 Å². The van der Waals surface area contributed by atoms with Crippen LogP contribution < -0.4 is 10.6 Å². The molecule has 0 radical (unpaired) electrons. The maximum atomic E-state index is 12.0. The Morgan fingerprint density at radius 2 is 1.71 bits per heavy atom. The van der Waals surface area contributed by atoms with E-state index < -0.39 is 18.5 Å². The lowest BCUT2D eigenvalue weighted by atomic mass is 10.1. The molecule has 0 unspecified atom stereocenters. The molecule has 2 amide bonds. The van der Waals surface area contributed by atoms with Gasteiger partial charge in [0.2, 0.25) is 5.91 Å². The smallest absolute Gasteiger partial charge is 0.306 e. The largest absolute Gasteiger partial charge is 0.456 e. The van der Waals surface area contributed by atoms with Crippen molar-refractivity contribution in [1.29, 1.82) is 0 Å². The summed E-state index contributed by atoms with van der Waals surface area (Å²) in [7, 11) is 1.44. The summed E-state index contributed by atoms with van der Waals surface area (Å²) >= 11 is 1.58. The topological polar surface area (TPSA) is 102 Å². The lowest BCUT2D eigenvalue weighted by molar-refractivity contribution is -0.148. The van der Waals surface area contributed by atoms with Crippen molar-refractivity contribution in [2.24, 2.45) is 0 Å². The Hall–Kier alpha value is -2.35. The number of ketones is 1. The van der Waals surface area contributed by atoms with E-state index in [9.17, 15) is 19.2 Å². The minimum Gasteiger partial charge on any atom is -0.456 e. The van der Waals surface area contributed by atoms with Gasteiger partial charge in [-0.3, -0.25) is 19.2 Å². The van der Waals surface area contributed by atoms with Crippen molar-refractivity contribution in [3.8, 4) is 0 Å². The van der Waals surface area contributed by atoms with Gasteiger partial charge in [-0.05, 0) is 18.4 Å². The van der Waals surface area contributed by atoms with Crippen LogP contribution in [0.1, 0.15) is 23.2 Å². The molecule has 0 saturated heterocycles. The average molecular weight is 352 g/mol. The van der Waals surface area contributed by atoms with Gasteiger partial charge < -0.3 is 15.4 Å².